The van der Waals surface area contributed by atoms with Gasteiger partial charge in [-0.25, -0.2) is 4.39 Å². The van der Waals surface area contributed by atoms with Gasteiger partial charge in [-0.1, -0.05) is 32.9 Å². The third-order valence-corrected chi connectivity index (χ3v) is 2.92. The maximum absolute atomic E-state index is 13.0. The smallest absolute Gasteiger partial charge is 0.246 e. The van der Waals surface area contributed by atoms with Gasteiger partial charge in [-0.2, -0.15) is 0 Å². The average molecular weight is 281 g/mol. The Labute approximate surface area is 120 Å². The third kappa shape index (κ3) is 5.29. The van der Waals surface area contributed by atoms with Crippen molar-refractivity contribution in [2.75, 3.05) is 6.61 Å². The molecule has 1 aromatic rings. The highest BCUT2D eigenvalue weighted by molar-refractivity contribution is 5.77. The number of benzene rings is 1. The summed E-state index contributed by atoms with van der Waals surface area (Å²) in [6, 6.07) is 6.03. The van der Waals surface area contributed by atoms with Gasteiger partial charge < -0.3 is 10.1 Å². The summed E-state index contributed by atoms with van der Waals surface area (Å²) < 4.78 is 18.3. The lowest BCUT2D eigenvalue weighted by Gasteiger charge is -2.32. The van der Waals surface area contributed by atoms with Crippen LogP contribution in [-0.4, -0.2) is 18.6 Å². The molecule has 1 N–H and O–H groups in total. The standard InChI is InChI=1S/C16H24FNO2/c1-11(2)20-10-14(19)18-15(16(3,4)5)12-6-8-13(17)9-7-12/h6-9,11,15H,10H2,1-5H3,(H,18,19). The van der Waals surface area contributed by atoms with Crippen molar-refractivity contribution in [1.29, 1.82) is 0 Å². The van der Waals surface area contributed by atoms with E-state index < -0.39 is 0 Å². The van der Waals surface area contributed by atoms with Crippen LogP contribution in [0.5, 0.6) is 0 Å². The molecule has 3 nitrogen and oxygen atoms in total. The second-order valence-electron chi connectivity index (χ2n) is 6.28. The van der Waals surface area contributed by atoms with Crippen LogP contribution < -0.4 is 5.32 Å². The number of amides is 1. The van der Waals surface area contributed by atoms with Gasteiger partial charge in [0, 0.05) is 0 Å². The minimum absolute atomic E-state index is 0.0136. The van der Waals surface area contributed by atoms with E-state index in [1.807, 2.05) is 34.6 Å². The highest BCUT2D eigenvalue weighted by Crippen LogP contribution is 2.32. The summed E-state index contributed by atoms with van der Waals surface area (Å²) in [5, 5.41) is 2.96. The van der Waals surface area contributed by atoms with Crippen LogP contribution in [0.3, 0.4) is 0 Å². The van der Waals surface area contributed by atoms with Gasteiger partial charge in [0.2, 0.25) is 5.91 Å². The maximum Gasteiger partial charge on any atom is 0.246 e. The molecule has 0 bridgehead atoms. The molecular weight excluding hydrogens is 257 g/mol. The summed E-state index contributed by atoms with van der Waals surface area (Å²) >= 11 is 0. The first-order valence-electron chi connectivity index (χ1n) is 6.86. The summed E-state index contributed by atoms with van der Waals surface area (Å²) in [6.07, 6.45) is 0.0136. The predicted octanol–water partition coefficient (Wildman–Crippen LogP) is 3.45. The van der Waals surface area contributed by atoms with Gasteiger partial charge in [0.1, 0.15) is 12.4 Å². The number of nitrogens with one attached hydrogen (secondary N) is 1. The van der Waals surface area contributed by atoms with Gasteiger partial charge >= 0.3 is 0 Å². The molecule has 0 heterocycles. The molecule has 1 amide bonds. The van der Waals surface area contributed by atoms with E-state index in [9.17, 15) is 9.18 Å². The summed E-state index contributed by atoms with van der Waals surface area (Å²) in [7, 11) is 0. The molecule has 4 heteroatoms. The van der Waals surface area contributed by atoms with Crippen LogP contribution in [0.1, 0.15) is 46.2 Å². The van der Waals surface area contributed by atoms with E-state index in [1.54, 1.807) is 12.1 Å². The molecule has 0 aliphatic rings. The summed E-state index contributed by atoms with van der Waals surface area (Å²) in [4.78, 5) is 11.9. The van der Waals surface area contributed by atoms with Gasteiger partial charge in [-0.05, 0) is 37.0 Å². The predicted molar refractivity (Wildman–Crippen MR) is 77.8 cm³/mol. The van der Waals surface area contributed by atoms with E-state index in [-0.39, 0.29) is 35.9 Å². The SMILES string of the molecule is CC(C)OCC(=O)NC(c1ccc(F)cc1)C(C)(C)C. The second-order valence-corrected chi connectivity index (χ2v) is 6.28. The number of hydrogen-bond donors (Lipinski definition) is 1. The topological polar surface area (TPSA) is 38.3 Å². The Balaban J connectivity index is 2.81. The normalized spacial score (nSPS) is 13.3. The van der Waals surface area contributed by atoms with Gasteiger partial charge in [-0.15, -0.1) is 0 Å². The van der Waals surface area contributed by atoms with Crippen LogP contribution in [0, 0.1) is 11.2 Å². The lowest BCUT2D eigenvalue weighted by molar-refractivity contribution is -0.128. The second kappa shape index (κ2) is 6.84. The molecule has 1 aromatic carbocycles. The first kappa shape index (κ1) is 16.6. The Bertz CT molecular complexity index is 435. The van der Waals surface area contributed by atoms with Gasteiger partial charge in [0.05, 0.1) is 12.1 Å². The Morgan fingerprint density at radius 2 is 1.80 bits per heavy atom. The molecule has 20 heavy (non-hydrogen) atoms. The number of carbonyl (C=O) groups excluding carboxylic acids is 1. The fourth-order valence-corrected chi connectivity index (χ4v) is 1.90. The zero-order chi connectivity index (χ0) is 15.3. The van der Waals surface area contributed by atoms with Crippen molar-refractivity contribution in [3.63, 3.8) is 0 Å². The fraction of sp³-hybridized carbons (Fsp3) is 0.562. The van der Waals surface area contributed by atoms with E-state index in [0.29, 0.717) is 0 Å². The molecule has 0 aliphatic carbocycles. The third-order valence-electron chi connectivity index (χ3n) is 2.92. The number of hydrogen-bond acceptors (Lipinski definition) is 2. The van der Waals surface area contributed by atoms with E-state index in [2.05, 4.69) is 5.32 Å². The minimum atomic E-state index is -0.282. The molecule has 0 aromatic heterocycles. The zero-order valence-electron chi connectivity index (χ0n) is 12.9. The monoisotopic (exact) mass is 281 g/mol. The van der Waals surface area contributed by atoms with Crippen molar-refractivity contribution in [2.45, 2.75) is 46.8 Å². The largest absolute Gasteiger partial charge is 0.369 e. The van der Waals surface area contributed by atoms with Crippen LogP contribution in [0.25, 0.3) is 0 Å². The van der Waals surface area contributed by atoms with Crippen molar-refractivity contribution in [2.24, 2.45) is 5.41 Å². The quantitative estimate of drug-likeness (QED) is 0.897. The van der Waals surface area contributed by atoms with Crippen molar-refractivity contribution in [3.8, 4) is 0 Å². The highest BCUT2D eigenvalue weighted by Gasteiger charge is 2.27. The summed E-state index contributed by atoms with van der Waals surface area (Å²) in [5.74, 6) is -0.446. The van der Waals surface area contributed by atoms with Gasteiger partial charge in [-0.3, -0.25) is 4.79 Å². The highest BCUT2D eigenvalue weighted by atomic mass is 19.1. The molecule has 0 aliphatic heterocycles. The average Bonchev–Trinajstić information content (AvgIpc) is 2.33. The molecule has 1 atom stereocenters. The van der Waals surface area contributed by atoms with Crippen molar-refractivity contribution in [3.05, 3.63) is 35.6 Å². The van der Waals surface area contributed by atoms with E-state index in [1.165, 1.54) is 12.1 Å². The summed E-state index contributed by atoms with van der Waals surface area (Å²) in [6.45, 7) is 9.90. The first-order valence-corrected chi connectivity index (χ1v) is 6.86. The lowest BCUT2D eigenvalue weighted by atomic mass is 9.82. The van der Waals surface area contributed by atoms with Crippen LogP contribution in [-0.2, 0) is 9.53 Å². The van der Waals surface area contributed by atoms with Crippen LogP contribution in [0.4, 0.5) is 4.39 Å². The van der Waals surface area contributed by atoms with Crippen molar-refractivity contribution < 1.29 is 13.9 Å². The number of carbonyl (C=O) groups is 1. The molecule has 1 rings (SSSR count). The Hall–Kier alpha value is -1.42. The molecule has 0 fully saturated rings. The van der Waals surface area contributed by atoms with E-state index in [4.69, 9.17) is 4.74 Å². The van der Waals surface area contributed by atoms with Gasteiger partial charge in [0.25, 0.3) is 0 Å². The Morgan fingerprint density at radius 1 is 1.25 bits per heavy atom. The minimum Gasteiger partial charge on any atom is -0.369 e. The van der Waals surface area contributed by atoms with E-state index >= 15 is 0 Å². The fourth-order valence-electron chi connectivity index (χ4n) is 1.90. The van der Waals surface area contributed by atoms with Gasteiger partial charge in [0.15, 0.2) is 0 Å². The molecular formula is C16H24FNO2. The maximum atomic E-state index is 13.0. The van der Waals surface area contributed by atoms with Crippen LogP contribution in [0.15, 0.2) is 24.3 Å². The molecule has 112 valence electrons. The molecule has 0 radical (unpaired) electrons. The number of rotatable bonds is 5. The Morgan fingerprint density at radius 3 is 2.25 bits per heavy atom. The first-order chi connectivity index (χ1) is 9.20. The van der Waals surface area contributed by atoms with Crippen LogP contribution in [0.2, 0.25) is 0 Å². The van der Waals surface area contributed by atoms with Crippen molar-refractivity contribution >= 4 is 5.91 Å². The molecule has 0 saturated heterocycles. The molecule has 0 saturated carbocycles. The zero-order valence-corrected chi connectivity index (χ0v) is 12.9. The van der Waals surface area contributed by atoms with Crippen LogP contribution >= 0.6 is 0 Å². The summed E-state index contributed by atoms with van der Waals surface area (Å²) in [5.41, 5.74) is 0.711. The lowest BCUT2D eigenvalue weighted by Crippen LogP contribution is -2.38. The van der Waals surface area contributed by atoms with Crippen molar-refractivity contribution in [1.82, 2.24) is 5.32 Å². The molecule has 1 unspecified atom stereocenters. The number of ether oxygens (including phenoxy) is 1. The Kier molecular flexibility index (Phi) is 5.69. The number of halogens is 1. The van der Waals surface area contributed by atoms with E-state index in [0.717, 1.165) is 5.56 Å². The molecule has 0 spiro atoms.